The summed E-state index contributed by atoms with van der Waals surface area (Å²) in [6, 6.07) is 0.584. The molecule has 0 saturated heterocycles. The van der Waals surface area contributed by atoms with Crippen molar-refractivity contribution in [1.29, 1.82) is 0 Å². The third kappa shape index (κ3) is 32.0. The average Bonchev–Trinajstić information content (AvgIpc) is 3.66. The molecule has 0 aliphatic heterocycles. The molecule has 0 N–H and O–H groups in total. The molecule has 1 heterocycles. The van der Waals surface area contributed by atoms with E-state index in [9.17, 15) is 0 Å². The van der Waals surface area contributed by atoms with Gasteiger partial charge in [-0.3, -0.25) is 0 Å². The lowest BCUT2D eigenvalue weighted by molar-refractivity contribution is 0.412. The van der Waals surface area contributed by atoms with Crippen LogP contribution < -0.4 is 0 Å². The van der Waals surface area contributed by atoms with Gasteiger partial charge >= 0.3 is 0 Å². The molecule has 0 aliphatic carbocycles. The van der Waals surface area contributed by atoms with E-state index in [2.05, 4.69) is 44.7 Å². The zero-order valence-electron chi connectivity index (χ0n) is 37.4. The molecule has 0 radical (unpaired) electrons. The van der Waals surface area contributed by atoms with Gasteiger partial charge in [-0.15, -0.1) is 0 Å². The van der Waals surface area contributed by atoms with Crippen molar-refractivity contribution >= 4 is 0 Å². The molecule has 0 aliphatic rings. The van der Waals surface area contributed by atoms with Crippen LogP contribution in [0.3, 0.4) is 0 Å². The second-order valence-corrected chi connectivity index (χ2v) is 17.8. The molecule has 1 aromatic heterocycles. The first-order valence-electron chi connectivity index (χ1n) is 25.3. The molecule has 1 rings (SSSR count). The van der Waals surface area contributed by atoms with E-state index < -0.39 is 0 Å². The molecular weight excluding hydrogens is 641 g/mol. The Bertz CT molecular complexity index is 813. The summed E-state index contributed by atoms with van der Waals surface area (Å²) in [6.45, 7) is 9.42. The van der Waals surface area contributed by atoms with Crippen LogP contribution in [-0.2, 0) is 0 Å². The monoisotopic (exact) mass is 741 g/mol. The number of aromatic nitrogens is 2. The van der Waals surface area contributed by atoms with Crippen molar-refractivity contribution in [2.45, 2.75) is 309 Å². The predicted molar refractivity (Wildman–Crippen MR) is 241 cm³/mol. The van der Waals surface area contributed by atoms with Crippen LogP contribution >= 0.6 is 0 Å². The van der Waals surface area contributed by atoms with Crippen molar-refractivity contribution in [2.24, 2.45) is 0 Å². The van der Waals surface area contributed by atoms with Crippen molar-refractivity contribution in [3.05, 3.63) is 18.2 Å². The van der Waals surface area contributed by atoms with E-state index in [0.717, 1.165) is 0 Å². The highest BCUT2D eigenvalue weighted by atomic mass is 15.1. The Morgan fingerprint density at radius 1 is 0.358 bits per heavy atom. The number of imidazole rings is 1. The van der Waals surface area contributed by atoms with Crippen LogP contribution in [0.15, 0.2) is 12.4 Å². The number of hydrogen-bond donors (Lipinski definition) is 0. The molecular formula is C51H100N2. The van der Waals surface area contributed by atoms with Crippen LogP contribution in [0.1, 0.15) is 315 Å². The molecule has 2 atom stereocenters. The summed E-state index contributed by atoms with van der Waals surface area (Å²) >= 11 is 0. The molecule has 0 bridgehead atoms. The first-order chi connectivity index (χ1) is 26.2. The molecule has 0 amide bonds. The maximum Gasteiger partial charge on any atom is 0.111 e. The third-order valence-corrected chi connectivity index (χ3v) is 12.6. The minimum Gasteiger partial charge on any atom is -0.332 e. The minimum atomic E-state index is 0.584. The highest BCUT2D eigenvalue weighted by Gasteiger charge is 2.19. The molecule has 314 valence electrons. The molecule has 2 heteroatoms. The average molecular weight is 741 g/mol. The van der Waals surface area contributed by atoms with Gasteiger partial charge in [-0.25, -0.2) is 4.98 Å². The van der Waals surface area contributed by atoms with Crippen LogP contribution in [-0.4, -0.2) is 9.55 Å². The normalized spacial score (nSPS) is 12.9. The second-order valence-electron chi connectivity index (χ2n) is 17.8. The van der Waals surface area contributed by atoms with Gasteiger partial charge in [-0.1, -0.05) is 271 Å². The Morgan fingerprint density at radius 2 is 0.604 bits per heavy atom. The lowest BCUT2D eigenvalue weighted by Gasteiger charge is -2.22. The molecule has 0 fully saturated rings. The summed E-state index contributed by atoms with van der Waals surface area (Å²) in [5.41, 5.74) is 0. The Kier molecular flexibility index (Phi) is 38.7. The SMILES string of the molecule is CCCCCCCCCCCCCCCCC(CCCCCCCCCCCCC)c1nccn1C(C)CCCCCCCCCCCCCCCC. The van der Waals surface area contributed by atoms with Crippen LogP contribution in [0.4, 0.5) is 0 Å². The quantitative estimate of drug-likeness (QED) is 0.0609. The summed E-state index contributed by atoms with van der Waals surface area (Å²) in [5.74, 6) is 2.07. The van der Waals surface area contributed by atoms with Gasteiger partial charge in [0.15, 0.2) is 0 Å². The van der Waals surface area contributed by atoms with E-state index in [1.165, 1.54) is 275 Å². The zero-order chi connectivity index (χ0) is 38.1. The van der Waals surface area contributed by atoms with Gasteiger partial charge in [-0.05, 0) is 26.2 Å². The maximum atomic E-state index is 5.07. The Morgan fingerprint density at radius 3 is 0.887 bits per heavy atom. The van der Waals surface area contributed by atoms with E-state index in [4.69, 9.17) is 4.98 Å². The van der Waals surface area contributed by atoms with Crippen molar-refractivity contribution < 1.29 is 0 Å². The van der Waals surface area contributed by atoms with Crippen LogP contribution in [0.2, 0.25) is 0 Å². The Balaban J connectivity index is 2.35. The minimum absolute atomic E-state index is 0.584. The Labute approximate surface area is 336 Å². The summed E-state index contributed by atoms with van der Waals surface area (Å²) in [7, 11) is 0. The third-order valence-electron chi connectivity index (χ3n) is 12.6. The fourth-order valence-corrected chi connectivity index (χ4v) is 8.83. The maximum absolute atomic E-state index is 5.07. The number of hydrogen-bond acceptors (Lipinski definition) is 1. The molecule has 53 heavy (non-hydrogen) atoms. The van der Waals surface area contributed by atoms with E-state index >= 15 is 0 Å². The summed E-state index contributed by atoms with van der Waals surface area (Å²) in [5, 5.41) is 0. The van der Waals surface area contributed by atoms with Crippen molar-refractivity contribution in [1.82, 2.24) is 9.55 Å². The van der Waals surface area contributed by atoms with Crippen molar-refractivity contribution in [3.8, 4) is 0 Å². The van der Waals surface area contributed by atoms with Gasteiger partial charge in [0.2, 0.25) is 0 Å². The van der Waals surface area contributed by atoms with Crippen LogP contribution in [0.5, 0.6) is 0 Å². The lowest BCUT2D eigenvalue weighted by atomic mass is 9.92. The zero-order valence-corrected chi connectivity index (χ0v) is 37.4. The Hall–Kier alpha value is -0.790. The number of unbranched alkanes of at least 4 members (excludes halogenated alkanes) is 36. The molecule has 0 saturated carbocycles. The first kappa shape index (κ1) is 50.2. The van der Waals surface area contributed by atoms with E-state index in [1.54, 1.807) is 0 Å². The highest BCUT2D eigenvalue weighted by Crippen LogP contribution is 2.31. The fourth-order valence-electron chi connectivity index (χ4n) is 8.83. The summed E-state index contributed by atoms with van der Waals surface area (Å²) in [4.78, 5) is 5.07. The van der Waals surface area contributed by atoms with Gasteiger partial charge in [0.1, 0.15) is 5.82 Å². The van der Waals surface area contributed by atoms with Crippen molar-refractivity contribution in [3.63, 3.8) is 0 Å². The largest absolute Gasteiger partial charge is 0.332 e. The number of nitrogens with zero attached hydrogens (tertiary/aromatic N) is 2. The molecule has 2 unspecified atom stereocenters. The number of rotatable bonds is 44. The second kappa shape index (κ2) is 40.9. The van der Waals surface area contributed by atoms with E-state index in [0.29, 0.717) is 12.0 Å². The first-order valence-corrected chi connectivity index (χ1v) is 25.3. The highest BCUT2D eigenvalue weighted by molar-refractivity contribution is 5.02. The van der Waals surface area contributed by atoms with Gasteiger partial charge in [-0.2, -0.15) is 0 Å². The smallest absolute Gasteiger partial charge is 0.111 e. The lowest BCUT2D eigenvalue weighted by Crippen LogP contribution is -2.13. The van der Waals surface area contributed by atoms with Crippen LogP contribution in [0.25, 0.3) is 0 Å². The summed E-state index contributed by atoms with van der Waals surface area (Å²) in [6.07, 6.45) is 64.6. The van der Waals surface area contributed by atoms with Crippen LogP contribution in [0, 0.1) is 0 Å². The van der Waals surface area contributed by atoms with Gasteiger partial charge in [0, 0.05) is 24.4 Å². The molecule has 0 aromatic carbocycles. The molecule has 0 spiro atoms. The van der Waals surface area contributed by atoms with Gasteiger partial charge < -0.3 is 4.57 Å². The van der Waals surface area contributed by atoms with E-state index in [-0.39, 0.29) is 0 Å². The fraction of sp³-hybridized carbons (Fsp3) is 0.941. The topological polar surface area (TPSA) is 17.8 Å². The standard InChI is InChI=1S/C51H100N2/c1-5-8-11-14-17-20-23-25-27-30-32-35-38-41-44-49(4)53-48-47-52-51(53)50(45-42-39-36-33-29-22-19-16-13-10-7-3)46-43-40-37-34-31-28-26-24-21-18-15-12-9-6-2/h47-50H,5-46H2,1-4H3. The van der Waals surface area contributed by atoms with Gasteiger partial charge in [0.25, 0.3) is 0 Å². The summed E-state index contributed by atoms with van der Waals surface area (Å²) < 4.78 is 2.61. The van der Waals surface area contributed by atoms with Crippen molar-refractivity contribution in [2.75, 3.05) is 0 Å². The molecule has 2 nitrogen and oxygen atoms in total. The predicted octanol–water partition coefficient (Wildman–Crippen LogP) is 19.0. The van der Waals surface area contributed by atoms with E-state index in [1.807, 2.05) is 0 Å². The molecule has 1 aromatic rings. The van der Waals surface area contributed by atoms with Gasteiger partial charge in [0.05, 0.1) is 0 Å².